The standard InChI is InChI=1S/C26H29N3O3S/c1-3-32-26(31)23-20-8-4-5-9-22(20)33-25(23)28-24(30)19(16-27)15-18-10-11-21(17(2)14-18)29-12-6-7-13-29/h10-11,14-15H,3-9,12-13H2,1-2H3,(H,28,30)/b19-15-. The average Bonchev–Trinajstić information content (AvgIpc) is 3.45. The first-order chi connectivity index (χ1) is 16.0. The van der Waals surface area contributed by atoms with E-state index in [2.05, 4.69) is 23.2 Å². The van der Waals surface area contributed by atoms with Crippen molar-refractivity contribution in [3.8, 4) is 6.07 Å². The predicted octanol–water partition coefficient (Wildman–Crippen LogP) is 5.26. The van der Waals surface area contributed by atoms with Gasteiger partial charge in [0.15, 0.2) is 0 Å². The van der Waals surface area contributed by atoms with Gasteiger partial charge in [0, 0.05) is 23.7 Å². The van der Waals surface area contributed by atoms with Crippen LogP contribution in [0, 0.1) is 18.3 Å². The molecule has 2 heterocycles. The number of thiophene rings is 1. The molecule has 2 aliphatic rings. The van der Waals surface area contributed by atoms with Crippen LogP contribution >= 0.6 is 11.3 Å². The Morgan fingerprint density at radius 2 is 1.97 bits per heavy atom. The van der Waals surface area contributed by atoms with Crippen LogP contribution in [0.3, 0.4) is 0 Å². The largest absolute Gasteiger partial charge is 0.462 e. The van der Waals surface area contributed by atoms with Crippen molar-refractivity contribution < 1.29 is 14.3 Å². The van der Waals surface area contributed by atoms with Gasteiger partial charge in [-0.2, -0.15) is 5.26 Å². The number of rotatable bonds is 6. The van der Waals surface area contributed by atoms with Crippen LogP contribution in [-0.4, -0.2) is 31.6 Å². The van der Waals surface area contributed by atoms with Gasteiger partial charge in [-0.1, -0.05) is 6.07 Å². The number of fused-ring (bicyclic) bond motifs is 1. The lowest BCUT2D eigenvalue weighted by Crippen LogP contribution is -2.18. The van der Waals surface area contributed by atoms with Gasteiger partial charge in [0.25, 0.3) is 5.91 Å². The van der Waals surface area contributed by atoms with Gasteiger partial charge in [0.2, 0.25) is 0 Å². The van der Waals surface area contributed by atoms with E-state index >= 15 is 0 Å². The van der Waals surface area contributed by atoms with E-state index in [1.54, 1.807) is 13.0 Å². The number of anilines is 2. The first kappa shape index (κ1) is 23.1. The molecule has 1 aliphatic carbocycles. The molecule has 0 atom stereocenters. The normalized spacial score (nSPS) is 15.7. The number of nitrogens with one attached hydrogen (secondary N) is 1. The molecule has 0 radical (unpaired) electrons. The molecule has 0 bridgehead atoms. The number of nitrogens with zero attached hydrogens (tertiary/aromatic N) is 2. The van der Waals surface area contributed by atoms with Crippen LogP contribution in [0.2, 0.25) is 0 Å². The molecule has 0 spiro atoms. The van der Waals surface area contributed by atoms with Crippen molar-refractivity contribution in [3.63, 3.8) is 0 Å². The number of aryl methyl sites for hydroxylation is 2. The third-order valence-electron chi connectivity index (χ3n) is 6.22. The van der Waals surface area contributed by atoms with Crippen molar-refractivity contribution in [1.82, 2.24) is 0 Å². The highest BCUT2D eigenvalue weighted by atomic mass is 32.1. The van der Waals surface area contributed by atoms with Gasteiger partial charge in [-0.15, -0.1) is 11.3 Å². The lowest BCUT2D eigenvalue weighted by molar-refractivity contribution is -0.112. The molecule has 33 heavy (non-hydrogen) atoms. The van der Waals surface area contributed by atoms with Crippen LogP contribution in [0.25, 0.3) is 6.08 Å². The summed E-state index contributed by atoms with van der Waals surface area (Å²) < 4.78 is 5.26. The third-order valence-corrected chi connectivity index (χ3v) is 7.43. The number of hydrogen-bond acceptors (Lipinski definition) is 6. The fraction of sp³-hybridized carbons (Fsp3) is 0.423. The van der Waals surface area contributed by atoms with E-state index in [0.717, 1.165) is 60.3 Å². The number of carbonyl (C=O) groups excluding carboxylic acids is 2. The summed E-state index contributed by atoms with van der Waals surface area (Å²) in [4.78, 5) is 29.1. The maximum Gasteiger partial charge on any atom is 0.341 e. The molecule has 4 rings (SSSR count). The average molecular weight is 464 g/mol. The summed E-state index contributed by atoms with van der Waals surface area (Å²) in [6.45, 7) is 6.22. The summed E-state index contributed by atoms with van der Waals surface area (Å²) in [7, 11) is 0. The quantitative estimate of drug-likeness (QED) is 0.359. The summed E-state index contributed by atoms with van der Waals surface area (Å²) in [6, 6.07) is 8.03. The Kier molecular flexibility index (Phi) is 7.14. The number of amides is 1. The van der Waals surface area contributed by atoms with Crippen LogP contribution in [0.5, 0.6) is 0 Å². The van der Waals surface area contributed by atoms with Gasteiger partial charge in [-0.3, -0.25) is 4.79 Å². The highest BCUT2D eigenvalue weighted by Crippen LogP contribution is 2.39. The Bertz CT molecular complexity index is 1140. The molecule has 1 saturated heterocycles. The van der Waals surface area contributed by atoms with Crippen LogP contribution < -0.4 is 10.2 Å². The minimum atomic E-state index is -0.511. The second-order valence-electron chi connectivity index (χ2n) is 8.50. The summed E-state index contributed by atoms with van der Waals surface area (Å²) in [5, 5.41) is 13.0. The Labute approximate surface area is 198 Å². The molecule has 1 fully saturated rings. The zero-order chi connectivity index (χ0) is 23.4. The minimum Gasteiger partial charge on any atom is -0.462 e. The van der Waals surface area contributed by atoms with Crippen LogP contribution in [0.1, 0.15) is 64.5 Å². The zero-order valence-corrected chi connectivity index (χ0v) is 20.0. The van der Waals surface area contributed by atoms with Crippen molar-refractivity contribution in [2.45, 2.75) is 52.4 Å². The van der Waals surface area contributed by atoms with E-state index in [-0.39, 0.29) is 12.2 Å². The molecule has 1 N–H and O–H groups in total. The molecule has 0 unspecified atom stereocenters. The van der Waals surface area contributed by atoms with Crippen LogP contribution in [0.15, 0.2) is 23.8 Å². The van der Waals surface area contributed by atoms with Crippen LogP contribution in [0.4, 0.5) is 10.7 Å². The SMILES string of the molecule is CCOC(=O)c1c(NC(=O)/C(C#N)=C\c2ccc(N3CCCC3)c(C)c2)sc2c1CCCC2. The molecule has 172 valence electrons. The van der Waals surface area contributed by atoms with E-state index in [0.29, 0.717) is 10.6 Å². The summed E-state index contributed by atoms with van der Waals surface area (Å²) >= 11 is 1.42. The smallest absolute Gasteiger partial charge is 0.341 e. The molecule has 7 heteroatoms. The highest BCUT2D eigenvalue weighted by Gasteiger charge is 2.27. The Morgan fingerprint density at radius 3 is 2.67 bits per heavy atom. The minimum absolute atomic E-state index is 0.00417. The molecule has 2 aromatic rings. The zero-order valence-electron chi connectivity index (χ0n) is 19.2. The van der Waals surface area contributed by atoms with Gasteiger partial charge < -0.3 is 15.0 Å². The van der Waals surface area contributed by atoms with E-state index < -0.39 is 11.9 Å². The third kappa shape index (κ3) is 4.96. The van der Waals surface area contributed by atoms with E-state index in [1.165, 1.54) is 29.9 Å². The first-order valence-electron chi connectivity index (χ1n) is 11.6. The number of benzene rings is 1. The molecule has 1 aromatic heterocycles. The van der Waals surface area contributed by atoms with E-state index in [4.69, 9.17) is 4.74 Å². The number of carbonyl (C=O) groups is 2. The van der Waals surface area contributed by atoms with Gasteiger partial charge in [0.1, 0.15) is 16.6 Å². The molecule has 1 amide bonds. The molecular formula is C26H29N3O3S. The summed E-state index contributed by atoms with van der Waals surface area (Å²) in [6.07, 6.45) is 7.80. The fourth-order valence-electron chi connectivity index (χ4n) is 4.64. The maximum atomic E-state index is 13.0. The first-order valence-corrected chi connectivity index (χ1v) is 12.4. The lowest BCUT2D eigenvalue weighted by atomic mass is 9.95. The molecular weight excluding hydrogens is 434 g/mol. The Morgan fingerprint density at radius 1 is 1.21 bits per heavy atom. The molecule has 1 aliphatic heterocycles. The monoisotopic (exact) mass is 463 g/mol. The van der Waals surface area contributed by atoms with Crippen LogP contribution in [-0.2, 0) is 22.4 Å². The van der Waals surface area contributed by atoms with Gasteiger partial charge >= 0.3 is 5.97 Å². The van der Waals surface area contributed by atoms with Crippen molar-refractivity contribution in [3.05, 3.63) is 50.9 Å². The van der Waals surface area contributed by atoms with Crippen molar-refractivity contribution in [1.29, 1.82) is 5.26 Å². The van der Waals surface area contributed by atoms with Gasteiger partial charge in [-0.25, -0.2) is 4.79 Å². The highest BCUT2D eigenvalue weighted by molar-refractivity contribution is 7.17. The van der Waals surface area contributed by atoms with E-state index in [1.807, 2.05) is 18.2 Å². The number of hydrogen-bond donors (Lipinski definition) is 1. The lowest BCUT2D eigenvalue weighted by Gasteiger charge is -2.20. The topological polar surface area (TPSA) is 82.4 Å². The maximum absolute atomic E-state index is 13.0. The van der Waals surface area contributed by atoms with Gasteiger partial charge in [0.05, 0.1) is 12.2 Å². The summed E-state index contributed by atoms with van der Waals surface area (Å²) in [5.74, 6) is -0.925. The Hall–Kier alpha value is -3.11. The van der Waals surface area contributed by atoms with Crippen molar-refractivity contribution in [2.24, 2.45) is 0 Å². The Balaban J connectivity index is 1.58. The molecule has 0 saturated carbocycles. The summed E-state index contributed by atoms with van der Waals surface area (Å²) in [5.41, 5.74) is 4.57. The molecule has 6 nitrogen and oxygen atoms in total. The fourth-order valence-corrected chi connectivity index (χ4v) is 5.91. The van der Waals surface area contributed by atoms with Gasteiger partial charge in [-0.05, 0) is 87.3 Å². The predicted molar refractivity (Wildman–Crippen MR) is 132 cm³/mol. The van der Waals surface area contributed by atoms with Crippen molar-refractivity contribution >= 4 is 40.0 Å². The second-order valence-corrected chi connectivity index (χ2v) is 9.60. The van der Waals surface area contributed by atoms with E-state index in [9.17, 15) is 14.9 Å². The number of nitriles is 1. The second kappa shape index (κ2) is 10.2. The number of ether oxygens (including phenoxy) is 1. The van der Waals surface area contributed by atoms with Crippen molar-refractivity contribution in [2.75, 3.05) is 29.9 Å². The number of esters is 1. The molecule has 1 aromatic carbocycles.